The Morgan fingerprint density at radius 2 is 1.72 bits per heavy atom. The number of aromatic amines is 1. The van der Waals surface area contributed by atoms with Crippen LogP contribution in [0.3, 0.4) is 0 Å². The maximum absolute atomic E-state index is 12.6. The van der Waals surface area contributed by atoms with Crippen LogP contribution in [0, 0.1) is 0 Å². The number of rotatable bonds is 5. The number of nitrogens with one attached hydrogen (secondary N) is 1. The number of carbonyl (C=O) groups excluding carboxylic acids is 2. The molecule has 0 spiro atoms. The number of carbonyl (C=O) groups is 2. The number of hydrogen-bond donors (Lipinski definition) is 1. The van der Waals surface area contributed by atoms with Crippen molar-refractivity contribution in [3.63, 3.8) is 0 Å². The van der Waals surface area contributed by atoms with Crippen molar-refractivity contribution in [1.29, 1.82) is 0 Å². The zero-order valence-corrected chi connectivity index (χ0v) is 14.2. The molecule has 1 heterocycles. The van der Waals surface area contributed by atoms with E-state index < -0.39 is 5.97 Å². The van der Waals surface area contributed by atoms with E-state index in [1.807, 2.05) is 68.4 Å². The standard InChI is InChI=1S/C20H20N2O3/c1-14(2)22(15-8-4-3-5-9-15)19(23)13-25-20(24)17-12-21-18-11-7-6-10-16(17)18/h3-12,14,21H,13H2,1-2H3. The lowest BCUT2D eigenvalue weighted by Gasteiger charge is -2.26. The lowest BCUT2D eigenvalue weighted by Crippen LogP contribution is -2.39. The van der Waals surface area contributed by atoms with Crippen molar-refractivity contribution in [2.24, 2.45) is 0 Å². The lowest BCUT2D eigenvalue weighted by atomic mass is 10.2. The van der Waals surface area contributed by atoms with Crippen LogP contribution in [0.25, 0.3) is 10.9 Å². The summed E-state index contributed by atoms with van der Waals surface area (Å²) in [6.45, 7) is 3.55. The maximum Gasteiger partial charge on any atom is 0.340 e. The minimum atomic E-state index is -0.512. The Bertz CT molecular complexity index is 884. The fourth-order valence-electron chi connectivity index (χ4n) is 2.83. The average Bonchev–Trinajstić information content (AvgIpc) is 3.04. The summed E-state index contributed by atoms with van der Waals surface area (Å²) in [7, 11) is 0. The van der Waals surface area contributed by atoms with Gasteiger partial charge in [0.25, 0.3) is 5.91 Å². The Morgan fingerprint density at radius 1 is 1.04 bits per heavy atom. The molecule has 0 saturated heterocycles. The summed E-state index contributed by atoms with van der Waals surface area (Å²) in [5.41, 5.74) is 2.07. The molecule has 0 bridgehead atoms. The molecule has 0 radical (unpaired) electrons. The normalized spacial score (nSPS) is 10.8. The smallest absolute Gasteiger partial charge is 0.340 e. The van der Waals surface area contributed by atoms with Gasteiger partial charge in [0, 0.05) is 28.8 Å². The third-order valence-electron chi connectivity index (χ3n) is 3.96. The van der Waals surface area contributed by atoms with Gasteiger partial charge in [-0.15, -0.1) is 0 Å². The first-order valence-corrected chi connectivity index (χ1v) is 8.18. The molecule has 1 aromatic heterocycles. The van der Waals surface area contributed by atoms with Crippen LogP contribution in [0.1, 0.15) is 24.2 Å². The number of para-hydroxylation sites is 2. The summed E-state index contributed by atoms with van der Waals surface area (Å²) in [4.78, 5) is 29.6. The van der Waals surface area contributed by atoms with E-state index in [1.165, 1.54) is 0 Å². The average molecular weight is 336 g/mol. The molecular weight excluding hydrogens is 316 g/mol. The van der Waals surface area contributed by atoms with Crippen molar-refractivity contribution in [1.82, 2.24) is 4.98 Å². The minimum absolute atomic E-state index is 0.0401. The number of anilines is 1. The van der Waals surface area contributed by atoms with E-state index in [2.05, 4.69) is 4.98 Å². The van der Waals surface area contributed by atoms with E-state index in [9.17, 15) is 9.59 Å². The number of fused-ring (bicyclic) bond motifs is 1. The van der Waals surface area contributed by atoms with Crippen LogP contribution in [0.2, 0.25) is 0 Å². The van der Waals surface area contributed by atoms with E-state index in [0.29, 0.717) is 5.56 Å². The van der Waals surface area contributed by atoms with E-state index >= 15 is 0 Å². The molecule has 0 aliphatic carbocycles. The highest BCUT2D eigenvalue weighted by Crippen LogP contribution is 2.19. The van der Waals surface area contributed by atoms with Crippen molar-refractivity contribution in [3.8, 4) is 0 Å². The molecule has 0 atom stereocenters. The van der Waals surface area contributed by atoms with Crippen LogP contribution in [0.4, 0.5) is 5.69 Å². The number of esters is 1. The molecule has 1 amide bonds. The molecule has 0 aliphatic rings. The predicted molar refractivity (Wildman–Crippen MR) is 97.6 cm³/mol. The number of nitrogens with zero attached hydrogens (tertiary/aromatic N) is 1. The summed E-state index contributed by atoms with van der Waals surface area (Å²) < 4.78 is 5.26. The van der Waals surface area contributed by atoms with Crippen LogP contribution in [0.15, 0.2) is 60.8 Å². The van der Waals surface area contributed by atoms with E-state index in [-0.39, 0.29) is 18.6 Å². The van der Waals surface area contributed by atoms with Gasteiger partial charge in [0.2, 0.25) is 0 Å². The second-order valence-electron chi connectivity index (χ2n) is 6.02. The number of benzene rings is 2. The van der Waals surface area contributed by atoms with Gasteiger partial charge < -0.3 is 14.6 Å². The largest absolute Gasteiger partial charge is 0.452 e. The zero-order valence-electron chi connectivity index (χ0n) is 14.2. The fourth-order valence-corrected chi connectivity index (χ4v) is 2.83. The highest BCUT2D eigenvalue weighted by Gasteiger charge is 2.21. The minimum Gasteiger partial charge on any atom is -0.452 e. The van der Waals surface area contributed by atoms with Gasteiger partial charge in [0.1, 0.15) is 0 Å². The second kappa shape index (κ2) is 7.21. The molecule has 128 valence electrons. The number of aromatic nitrogens is 1. The second-order valence-corrected chi connectivity index (χ2v) is 6.02. The topological polar surface area (TPSA) is 62.4 Å². The van der Waals surface area contributed by atoms with Crippen molar-refractivity contribution < 1.29 is 14.3 Å². The molecule has 5 heteroatoms. The van der Waals surface area contributed by atoms with E-state index in [0.717, 1.165) is 16.6 Å². The monoisotopic (exact) mass is 336 g/mol. The van der Waals surface area contributed by atoms with Gasteiger partial charge in [0.05, 0.1) is 5.56 Å². The quantitative estimate of drug-likeness (QED) is 0.722. The zero-order chi connectivity index (χ0) is 17.8. The molecule has 2 aromatic carbocycles. The molecule has 0 unspecified atom stereocenters. The van der Waals surface area contributed by atoms with Crippen LogP contribution in [-0.2, 0) is 9.53 Å². The molecular formula is C20H20N2O3. The first-order valence-electron chi connectivity index (χ1n) is 8.18. The fraction of sp³-hybridized carbons (Fsp3) is 0.200. The Morgan fingerprint density at radius 3 is 2.44 bits per heavy atom. The van der Waals surface area contributed by atoms with E-state index in [1.54, 1.807) is 11.1 Å². The van der Waals surface area contributed by atoms with Gasteiger partial charge >= 0.3 is 5.97 Å². The van der Waals surface area contributed by atoms with Crippen LogP contribution in [-0.4, -0.2) is 29.5 Å². The molecule has 0 aliphatic heterocycles. The first kappa shape index (κ1) is 16.8. The Balaban J connectivity index is 1.71. The van der Waals surface area contributed by atoms with Crippen molar-refractivity contribution in [2.75, 3.05) is 11.5 Å². The highest BCUT2D eigenvalue weighted by atomic mass is 16.5. The first-order chi connectivity index (χ1) is 12.1. The van der Waals surface area contributed by atoms with Gasteiger partial charge in [-0.3, -0.25) is 4.79 Å². The lowest BCUT2D eigenvalue weighted by molar-refractivity contribution is -0.122. The van der Waals surface area contributed by atoms with Crippen LogP contribution < -0.4 is 4.90 Å². The van der Waals surface area contributed by atoms with Crippen LogP contribution >= 0.6 is 0 Å². The third kappa shape index (κ3) is 3.55. The molecule has 0 saturated carbocycles. The Labute approximate surface area is 146 Å². The maximum atomic E-state index is 12.6. The molecule has 3 rings (SSSR count). The van der Waals surface area contributed by atoms with Gasteiger partial charge in [0.15, 0.2) is 6.61 Å². The third-order valence-corrected chi connectivity index (χ3v) is 3.96. The van der Waals surface area contributed by atoms with E-state index in [4.69, 9.17) is 4.74 Å². The summed E-state index contributed by atoms with van der Waals surface area (Å²) in [6.07, 6.45) is 1.61. The van der Waals surface area contributed by atoms with Gasteiger partial charge in [-0.25, -0.2) is 4.79 Å². The molecule has 0 fully saturated rings. The summed E-state index contributed by atoms with van der Waals surface area (Å²) >= 11 is 0. The summed E-state index contributed by atoms with van der Waals surface area (Å²) in [5, 5.41) is 0.781. The summed E-state index contributed by atoms with van der Waals surface area (Å²) in [5.74, 6) is -0.767. The highest BCUT2D eigenvalue weighted by molar-refractivity contribution is 6.05. The van der Waals surface area contributed by atoms with Gasteiger partial charge in [-0.1, -0.05) is 36.4 Å². The Kier molecular flexibility index (Phi) is 4.84. The molecule has 3 aromatic rings. The molecule has 25 heavy (non-hydrogen) atoms. The number of hydrogen-bond acceptors (Lipinski definition) is 3. The van der Waals surface area contributed by atoms with Crippen molar-refractivity contribution >= 4 is 28.5 Å². The number of amides is 1. The predicted octanol–water partition coefficient (Wildman–Crippen LogP) is 3.77. The molecule has 5 nitrogen and oxygen atoms in total. The van der Waals surface area contributed by atoms with Gasteiger partial charge in [-0.05, 0) is 32.0 Å². The van der Waals surface area contributed by atoms with Crippen molar-refractivity contribution in [3.05, 3.63) is 66.4 Å². The Hall–Kier alpha value is -3.08. The molecule has 1 N–H and O–H groups in total. The summed E-state index contributed by atoms with van der Waals surface area (Å²) in [6, 6.07) is 16.8. The SMILES string of the molecule is CC(C)N(C(=O)COC(=O)c1c[nH]c2ccccc12)c1ccccc1. The van der Waals surface area contributed by atoms with Gasteiger partial charge in [-0.2, -0.15) is 0 Å². The number of H-pyrrole nitrogens is 1. The van der Waals surface area contributed by atoms with Crippen LogP contribution in [0.5, 0.6) is 0 Å². The van der Waals surface area contributed by atoms with Crippen molar-refractivity contribution in [2.45, 2.75) is 19.9 Å². The number of ether oxygens (including phenoxy) is 1.